The molecule has 2 aromatic carbocycles. The van der Waals surface area contributed by atoms with Gasteiger partial charge in [0.1, 0.15) is 18.2 Å². The zero-order valence-electron chi connectivity index (χ0n) is 25.0. The Morgan fingerprint density at radius 2 is 1.77 bits per heavy atom. The van der Waals surface area contributed by atoms with E-state index < -0.39 is 35.0 Å². The maximum Gasteiger partial charge on any atom is 0.266 e. The highest BCUT2D eigenvalue weighted by atomic mass is 19.3. The summed E-state index contributed by atoms with van der Waals surface area (Å²) in [6.45, 7) is 5.58. The number of anilines is 1. The van der Waals surface area contributed by atoms with E-state index in [1.807, 2.05) is 30.3 Å². The van der Waals surface area contributed by atoms with Gasteiger partial charge in [-0.25, -0.2) is 18.2 Å². The molecule has 0 unspecified atom stereocenters. The maximum absolute atomic E-state index is 15.1. The average molecular weight is 609 g/mol. The van der Waals surface area contributed by atoms with Crippen molar-refractivity contribution in [2.45, 2.75) is 58.3 Å². The molecule has 0 aliphatic carbocycles. The molecule has 1 atom stereocenters. The highest BCUT2D eigenvalue weighted by Gasteiger charge is 2.38. The average Bonchev–Trinajstić information content (AvgIpc) is 2.99. The summed E-state index contributed by atoms with van der Waals surface area (Å²) in [6, 6.07) is 14.1. The number of likely N-dealkylation sites (tertiary alicyclic amines) is 1. The lowest BCUT2D eigenvalue weighted by molar-refractivity contribution is -0.133. The van der Waals surface area contributed by atoms with E-state index >= 15 is 4.39 Å². The number of ether oxygens (including phenoxy) is 1. The second kappa shape index (κ2) is 12.3. The fourth-order valence-corrected chi connectivity index (χ4v) is 5.80. The first-order valence-electron chi connectivity index (χ1n) is 14.4. The molecular formula is C33H35F3N4O4. The third-order valence-corrected chi connectivity index (χ3v) is 8.37. The summed E-state index contributed by atoms with van der Waals surface area (Å²) in [4.78, 5) is 32.1. The molecule has 1 aliphatic rings. The molecule has 0 saturated carbocycles. The van der Waals surface area contributed by atoms with Crippen LogP contribution in [0.1, 0.15) is 67.1 Å². The highest BCUT2D eigenvalue weighted by molar-refractivity contribution is 5.95. The summed E-state index contributed by atoms with van der Waals surface area (Å²) in [7, 11) is 1.58. The molecular weight excluding hydrogens is 573 g/mol. The van der Waals surface area contributed by atoms with Crippen LogP contribution in [0.2, 0.25) is 0 Å². The zero-order chi connectivity index (χ0) is 31.8. The van der Waals surface area contributed by atoms with Crippen molar-refractivity contribution in [3.63, 3.8) is 0 Å². The van der Waals surface area contributed by atoms with Gasteiger partial charge < -0.3 is 24.6 Å². The Bertz CT molecular complexity index is 1750. The first-order valence-corrected chi connectivity index (χ1v) is 14.4. The lowest BCUT2D eigenvalue weighted by Crippen LogP contribution is -2.47. The number of benzene rings is 2. The fourth-order valence-electron chi connectivity index (χ4n) is 5.80. The summed E-state index contributed by atoms with van der Waals surface area (Å²) in [5.74, 6) is -0.494. The van der Waals surface area contributed by atoms with Crippen LogP contribution >= 0.6 is 0 Å². The van der Waals surface area contributed by atoms with E-state index in [1.165, 1.54) is 23.6 Å². The van der Waals surface area contributed by atoms with Crippen molar-refractivity contribution < 1.29 is 27.8 Å². The Morgan fingerprint density at radius 3 is 2.41 bits per heavy atom. The summed E-state index contributed by atoms with van der Waals surface area (Å²) in [6.07, 6.45) is -2.65. The molecule has 0 spiro atoms. The van der Waals surface area contributed by atoms with Crippen LogP contribution in [0.15, 0.2) is 59.4 Å². The van der Waals surface area contributed by atoms with Crippen LogP contribution in [0.3, 0.4) is 0 Å². The van der Waals surface area contributed by atoms with Crippen LogP contribution in [0, 0.1) is 12.7 Å². The van der Waals surface area contributed by atoms with E-state index in [0.717, 1.165) is 11.6 Å². The maximum atomic E-state index is 15.1. The number of fused-ring (bicyclic) bond motifs is 1. The molecule has 1 fully saturated rings. The molecule has 11 heteroatoms. The van der Waals surface area contributed by atoms with Crippen LogP contribution in [-0.2, 0) is 24.1 Å². The standard InChI is InChI=1S/C33H35F3N4O4/c1-19(23-11-8-12-24(27(23)34)30(35)36)37-31-25-17-26(33(43)13-15-40(16-14-33)21(3)41)32(42)39(4)28(25)29(20(2)38-31)44-18-22-9-6-5-7-10-22/h5-12,17,19,30,43H,13-16,18H2,1-4H3,(H,37,38)/t19-/m1/s1. The van der Waals surface area contributed by atoms with Crippen molar-refractivity contribution in [1.29, 1.82) is 0 Å². The normalized spacial score (nSPS) is 15.4. The predicted octanol–water partition coefficient (Wildman–Crippen LogP) is 5.90. The molecule has 232 valence electrons. The Labute approximate surface area is 253 Å². The molecule has 4 aromatic rings. The predicted molar refractivity (Wildman–Crippen MR) is 161 cm³/mol. The number of nitrogens with one attached hydrogen (secondary N) is 1. The number of nitrogens with zero attached hydrogens (tertiary/aromatic N) is 3. The van der Waals surface area contributed by atoms with Gasteiger partial charge >= 0.3 is 0 Å². The minimum atomic E-state index is -2.98. The number of amides is 1. The molecule has 5 rings (SSSR count). The lowest BCUT2D eigenvalue weighted by atomic mass is 9.84. The van der Waals surface area contributed by atoms with Crippen LogP contribution in [0.4, 0.5) is 19.0 Å². The van der Waals surface area contributed by atoms with E-state index in [9.17, 15) is 23.5 Å². The van der Waals surface area contributed by atoms with Gasteiger partial charge in [0.15, 0.2) is 5.75 Å². The second-order valence-electron chi connectivity index (χ2n) is 11.3. The van der Waals surface area contributed by atoms with Crippen LogP contribution in [-0.4, -0.2) is 38.6 Å². The third-order valence-electron chi connectivity index (χ3n) is 8.37. The van der Waals surface area contributed by atoms with Crippen molar-refractivity contribution in [2.24, 2.45) is 7.05 Å². The summed E-state index contributed by atoms with van der Waals surface area (Å²) in [5.41, 5.74) is -0.717. The number of pyridine rings is 2. The van der Waals surface area contributed by atoms with Crippen molar-refractivity contribution in [3.05, 3.63) is 98.7 Å². The number of hydrogen-bond acceptors (Lipinski definition) is 6. The number of hydrogen-bond donors (Lipinski definition) is 2. The van der Waals surface area contributed by atoms with E-state index in [2.05, 4.69) is 5.32 Å². The molecule has 0 radical (unpaired) electrons. The number of aliphatic hydroxyl groups is 1. The quantitative estimate of drug-likeness (QED) is 0.259. The van der Waals surface area contributed by atoms with Gasteiger partial charge in [-0.05, 0) is 38.3 Å². The van der Waals surface area contributed by atoms with Crippen LogP contribution in [0.25, 0.3) is 10.9 Å². The van der Waals surface area contributed by atoms with Gasteiger partial charge in [0.05, 0.1) is 28.4 Å². The largest absolute Gasteiger partial charge is 0.485 e. The summed E-state index contributed by atoms with van der Waals surface area (Å²) in [5, 5.41) is 15.3. The molecule has 2 aromatic heterocycles. The van der Waals surface area contributed by atoms with E-state index in [4.69, 9.17) is 9.72 Å². The number of alkyl halides is 2. The van der Waals surface area contributed by atoms with Gasteiger partial charge in [0.2, 0.25) is 5.91 Å². The van der Waals surface area contributed by atoms with Gasteiger partial charge in [0, 0.05) is 43.6 Å². The number of piperidine rings is 1. The molecule has 3 heterocycles. The Balaban J connectivity index is 1.64. The SMILES string of the molecule is CC(=O)N1CCC(O)(c2cc3c(N[C@H](C)c4cccc(C(F)F)c4F)nc(C)c(OCc4ccccc4)c3n(C)c2=O)CC1. The summed E-state index contributed by atoms with van der Waals surface area (Å²) < 4.78 is 49.6. The van der Waals surface area contributed by atoms with Crippen molar-refractivity contribution >= 4 is 22.6 Å². The number of aryl methyl sites for hydroxylation is 2. The Hall–Kier alpha value is -4.38. The zero-order valence-corrected chi connectivity index (χ0v) is 25.0. The summed E-state index contributed by atoms with van der Waals surface area (Å²) >= 11 is 0. The fraction of sp³-hybridized carbons (Fsp3) is 0.364. The number of carbonyl (C=O) groups is 1. The molecule has 0 bridgehead atoms. The molecule has 8 nitrogen and oxygen atoms in total. The second-order valence-corrected chi connectivity index (χ2v) is 11.3. The van der Waals surface area contributed by atoms with Crippen LogP contribution in [0.5, 0.6) is 5.75 Å². The van der Waals surface area contributed by atoms with E-state index in [0.29, 0.717) is 22.3 Å². The molecule has 1 saturated heterocycles. The van der Waals surface area contributed by atoms with Gasteiger partial charge in [-0.1, -0.05) is 48.5 Å². The van der Waals surface area contributed by atoms with Crippen molar-refractivity contribution in [1.82, 2.24) is 14.5 Å². The van der Waals surface area contributed by atoms with Gasteiger partial charge in [-0.2, -0.15) is 0 Å². The first kappa shape index (κ1) is 31.1. The Morgan fingerprint density at radius 1 is 1.11 bits per heavy atom. The van der Waals surface area contributed by atoms with Gasteiger partial charge in [-0.3, -0.25) is 9.59 Å². The number of carbonyl (C=O) groups excluding carboxylic acids is 1. The van der Waals surface area contributed by atoms with Crippen molar-refractivity contribution in [2.75, 3.05) is 18.4 Å². The molecule has 1 aliphatic heterocycles. The van der Waals surface area contributed by atoms with E-state index in [-0.39, 0.29) is 55.4 Å². The molecule has 2 N–H and O–H groups in total. The number of rotatable bonds is 8. The number of aromatic nitrogens is 2. The monoisotopic (exact) mass is 608 g/mol. The third kappa shape index (κ3) is 5.88. The molecule has 44 heavy (non-hydrogen) atoms. The lowest BCUT2D eigenvalue weighted by Gasteiger charge is -2.38. The highest BCUT2D eigenvalue weighted by Crippen LogP contribution is 2.39. The van der Waals surface area contributed by atoms with Crippen LogP contribution < -0.4 is 15.6 Å². The Kier molecular flexibility index (Phi) is 8.69. The minimum Gasteiger partial charge on any atom is -0.485 e. The number of halogens is 3. The van der Waals surface area contributed by atoms with Gasteiger partial charge in [0.25, 0.3) is 12.0 Å². The van der Waals surface area contributed by atoms with E-state index in [1.54, 1.807) is 31.9 Å². The smallest absolute Gasteiger partial charge is 0.266 e. The first-order chi connectivity index (χ1) is 20.9. The topological polar surface area (TPSA) is 96.7 Å². The molecule has 1 amide bonds. The van der Waals surface area contributed by atoms with Crippen molar-refractivity contribution in [3.8, 4) is 5.75 Å². The minimum absolute atomic E-state index is 0.0279. The van der Waals surface area contributed by atoms with Gasteiger partial charge in [-0.15, -0.1) is 0 Å².